The molecule has 0 bridgehead atoms. The Morgan fingerprint density at radius 2 is 2.05 bits per heavy atom. The van der Waals surface area contributed by atoms with Crippen molar-refractivity contribution < 1.29 is 0 Å². The second-order valence-electron chi connectivity index (χ2n) is 5.33. The van der Waals surface area contributed by atoms with Gasteiger partial charge < -0.3 is 5.32 Å². The van der Waals surface area contributed by atoms with Gasteiger partial charge in [-0.05, 0) is 30.5 Å². The first-order valence-corrected chi connectivity index (χ1v) is 7.55. The Balaban J connectivity index is 2.28. The van der Waals surface area contributed by atoms with Gasteiger partial charge in [-0.3, -0.25) is 4.68 Å². The van der Waals surface area contributed by atoms with E-state index in [-0.39, 0.29) is 6.04 Å². The minimum Gasteiger partial charge on any atom is -0.306 e. The van der Waals surface area contributed by atoms with Gasteiger partial charge in [0, 0.05) is 18.8 Å². The normalized spacial score (nSPS) is 12.6. The molecule has 1 unspecified atom stereocenters. The van der Waals surface area contributed by atoms with Crippen molar-refractivity contribution in [1.29, 1.82) is 0 Å². The summed E-state index contributed by atoms with van der Waals surface area (Å²) in [5.74, 6) is 0. The minimum absolute atomic E-state index is 0.237. The van der Waals surface area contributed by atoms with E-state index in [1.54, 1.807) is 0 Å². The lowest BCUT2D eigenvalue weighted by Crippen LogP contribution is -2.23. The highest BCUT2D eigenvalue weighted by molar-refractivity contribution is 5.32. The lowest BCUT2D eigenvalue weighted by molar-refractivity contribution is 0.597. The van der Waals surface area contributed by atoms with Crippen LogP contribution >= 0.6 is 0 Å². The molecule has 1 aromatic carbocycles. The van der Waals surface area contributed by atoms with E-state index < -0.39 is 0 Å². The summed E-state index contributed by atoms with van der Waals surface area (Å²) in [5, 5.41) is 7.94. The van der Waals surface area contributed by atoms with Crippen LogP contribution in [-0.2, 0) is 13.5 Å². The quantitative estimate of drug-likeness (QED) is 0.835. The molecule has 3 nitrogen and oxygen atoms in total. The monoisotopic (exact) mass is 271 g/mol. The second kappa shape index (κ2) is 7.25. The number of nitrogens with one attached hydrogen (secondary N) is 1. The van der Waals surface area contributed by atoms with Crippen molar-refractivity contribution in [3.05, 3.63) is 53.3 Å². The number of nitrogens with zero attached hydrogens (tertiary/aromatic N) is 2. The standard InChI is InChI=1S/C17H25N3/c1-4-7-14-8-6-9-15(11-14)17(18-10-5-2)16-12-19-20(3)13-16/h6,8-9,11-13,17-18H,4-5,7,10H2,1-3H3. The molecule has 0 aliphatic heterocycles. The molecule has 0 spiro atoms. The van der Waals surface area contributed by atoms with Gasteiger partial charge in [-0.25, -0.2) is 0 Å². The SMILES string of the molecule is CCCNC(c1cccc(CCC)c1)c1cnn(C)c1. The molecule has 0 aliphatic carbocycles. The predicted octanol–water partition coefficient (Wildman–Crippen LogP) is 3.46. The van der Waals surface area contributed by atoms with Crippen molar-refractivity contribution in [3.63, 3.8) is 0 Å². The van der Waals surface area contributed by atoms with Gasteiger partial charge in [-0.15, -0.1) is 0 Å². The van der Waals surface area contributed by atoms with E-state index in [9.17, 15) is 0 Å². The number of hydrogen-bond donors (Lipinski definition) is 1. The average molecular weight is 271 g/mol. The van der Waals surface area contributed by atoms with Crippen LogP contribution in [0.5, 0.6) is 0 Å². The van der Waals surface area contributed by atoms with Gasteiger partial charge in [0.15, 0.2) is 0 Å². The first-order chi connectivity index (χ1) is 9.74. The molecule has 0 aliphatic rings. The molecule has 20 heavy (non-hydrogen) atoms. The first-order valence-electron chi connectivity index (χ1n) is 7.55. The lowest BCUT2D eigenvalue weighted by atomic mass is 9.98. The molecule has 108 valence electrons. The summed E-state index contributed by atoms with van der Waals surface area (Å²) in [4.78, 5) is 0. The summed E-state index contributed by atoms with van der Waals surface area (Å²) in [6.07, 6.45) is 7.51. The van der Waals surface area contributed by atoms with Crippen molar-refractivity contribution >= 4 is 0 Å². The molecular formula is C17H25N3. The van der Waals surface area contributed by atoms with E-state index in [4.69, 9.17) is 0 Å². The summed E-state index contributed by atoms with van der Waals surface area (Å²) in [6, 6.07) is 9.15. The Hall–Kier alpha value is -1.61. The summed E-state index contributed by atoms with van der Waals surface area (Å²) >= 11 is 0. The molecule has 0 radical (unpaired) electrons. The van der Waals surface area contributed by atoms with E-state index >= 15 is 0 Å². The zero-order valence-corrected chi connectivity index (χ0v) is 12.8. The van der Waals surface area contributed by atoms with E-state index in [0.29, 0.717) is 0 Å². The molecule has 3 heteroatoms. The zero-order valence-electron chi connectivity index (χ0n) is 12.8. The van der Waals surface area contributed by atoms with Crippen LogP contribution in [0, 0.1) is 0 Å². The van der Waals surface area contributed by atoms with Crippen LogP contribution in [0.3, 0.4) is 0 Å². The number of hydrogen-bond acceptors (Lipinski definition) is 2. The highest BCUT2D eigenvalue weighted by atomic mass is 15.2. The molecule has 2 rings (SSSR count). The van der Waals surface area contributed by atoms with Crippen LogP contribution < -0.4 is 5.32 Å². The molecule has 0 fully saturated rings. The van der Waals surface area contributed by atoms with Crippen molar-refractivity contribution in [2.45, 2.75) is 39.2 Å². The van der Waals surface area contributed by atoms with Gasteiger partial charge in [-0.1, -0.05) is 44.5 Å². The van der Waals surface area contributed by atoms with Gasteiger partial charge in [0.1, 0.15) is 0 Å². The lowest BCUT2D eigenvalue weighted by Gasteiger charge is -2.18. The van der Waals surface area contributed by atoms with Crippen LogP contribution in [-0.4, -0.2) is 16.3 Å². The van der Waals surface area contributed by atoms with E-state index in [1.807, 2.05) is 17.9 Å². The number of aryl methyl sites for hydroxylation is 2. The highest BCUT2D eigenvalue weighted by Gasteiger charge is 2.15. The fourth-order valence-electron chi connectivity index (χ4n) is 2.52. The van der Waals surface area contributed by atoms with Gasteiger partial charge in [0.25, 0.3) is 0 Å². The summed E-state index contributed by atoms with van der Waals surface area (Å²) in [7, 11) is 1.97. The van der Waals surface area contributed by atoms with Crippen LogP contribution in [0.1, 0.15) is 49.4 Å². The molecule has 0 saturated carbocycles. The Bertz CT molecular complexity index is 531. The minimum atomic E-state index is 0.237. The van der Waals surface area contributed by atoms with Crippen molar-refractivity contribution in [1.82, 2.24) is 15.1 Å². The summed E-state index contributed by atoms with van der Waals surface area (Å²) in [6.45, 7) is 5.43. The second-order valence-corrected chi connectivity index (χ2v) is 5.33. The first kappa shape index (κ1) is 14.8. The third kappa shape index (κ3) is 3.70. The van der Waals surface area contributed by atoms with Crippen molar-refractivity contribution in [2.24, 2.45) is 7.05 Å². The molecule has 2 aromatic rings. The van der Waals surface area contributed by atoms with E-state index in [1.165, 1.54) is 23.1 Å². The van der Waals surface area contributed by atoms with Crippen molar-refractivity contribution in [3.8, 4) is 0 Å². The Morgan fingerprint density at radius 1 is 1.20 bits per heavy atom. The Kier molecular flexibility index (Phi) is 5.36. The Labute approximate surface area is 122 Å². The fraction of sp³-hybridized carbons (Fsp3) is 0.471. The average Bonchev–Trinajstić information content (AvgIpc) is 2.87. The van der Waals surface area contributed by atoms with Crippen LogP contribution in [0.4, 0.5) is 0 Å². The predicted molar refractivity (Wildman–Crippen MR) is 83.8 cm³/mol. The zero-order chi connectivity index (χ0) is 14.4. The largest absolute Gasteiger partial charge is 0.306 e. The van der Waals surface area contributed by atoms with Crippen LogP contribution in [0.15, 0.2) is 36.7 Å². The number of rotatable bonds is 7. The maximum atomic E-state index is 4.31. The smallest absolute Gasteiger partial charge is 0.0608 e. The number of benzene rings is 1. The van der Waals surface area contributed by atoms with Crippen LogP contribution in [0.25, 0.3) is 0 Å². The summed E-state index contributed by atoms with van der Waals surface area (Å²) in [5.41, 5.74) is 3.98. The highest BCUT2D eigenvalue weighted by Crippen LogP contribution is 2.23. The molecule has 0 saturated heterocycles. The molecular weight excluding hydrogens is 246 g/mol. The maximum absolute atomic E-state index is 4.31. The molecule has 1 heterocycles. The maximum Gasteiger partial charge on any atom is 0.0608 e. The third-order valence-corrected chi connectivity index (χ3v) is 3.48. The van der Waals surface area contributed by atoms with Crippen molar-refractivity contribution in [2.75, 3.05) is 6.54 Å². The Morgan fingerprint density at radius 3 is 2.70 bits per heavy atom. The van der Waals surface area contributed by atoms with Gasteiger partial charge in [0.2, 0.25) is 0 Å². The van der Waals surface area contributed by atoms with Gasteiger partial charge in [0.05, 0.1) is 12.2 Å². The molecule has 0 amide bonds. The topological polar surface area (TPSA) is 29.9 Å². The summed E-state index contributed by atoms with van der Waals surface area (Å²) < 4.78 is 1.87. The fourth-order valence-corrected chi connectivity index (χ4v) is 2.52. The molecule has 1 N–H and O–H groups in total. The van der Waals surface area contributed by atoms with Gasteiger partial charge in [-0.2, -0.15) is 5.10 Å². The van der Waals surface area contributed by atoms with E-state index in [0.717, 1.165) is 19.4 Å². The molecule has 1 aromatic heterocycles. The molecule has 1 atom stereocenters. The van der Waals surface area contributed by atoms with E-state index in [2.05, 4.69) is 54.7 Å². The third-order valence-electron chi connectivity index (χ3n) is 3.48. The van der Waals surface area contributed by atoms with Crippen LogP contribution in [0.2, 0.25) is 0 Å². The van der Waals surface area contributed by atoms with Gasteiger partial charge >= 0.3 is 0 Å². The number of aromatic nitrogens is 2.